The lowest BCUT2D eigenvalue weighted by molar-refractivity contribution is -0.384. The Kier molecular flexibility index (Phi) is 3.91. The zero-order valence-electron chi connectivity index (χ0n) is 10.7. The van der Waals surface area contributed by atoms with E-state index in [1.54, 1.807) is 18.5 Å². The van der Waals surface area contributed by atoms with Gasteiger partial charge in [-0.15, -0.1) is 0 Å². The first-order valence-corrected chi connectivity index (χ1v) is 6.04. The third-order valence-electron chi connectivity index (χ3n) is 2.70. The molecule has 19 heavy (non-hydrogen) atoms. The molecule has 0 radical (unpaired) electrons. The first kappa shape index (κ1) is 13.2. The van der Waals surface area contributed by atoms with E-state index in [9.17, 15) is 10.1 Å². The Morgan fingerprint density at radius 3 is 3.00 bits per heavy atom. The zero-order valence-corrected chi connectivity index (χ0v) is 10.7. The van der Waals surface area contributed by atoms with E-state index in [-0.39, 0.29) is 16.7 Å². The van der Waals surface area contributed by atoms with Gasteiger partial charge in [0.2, 0.25) is 0 Å². The highest BCUT2D eigenvalue weighted by molar-refractivity contribution is 5.34. The lowest BCUT2D eigenvalue weighted by Gasteiger charge is -2.03. The van der Waals surface area contributed by atoms with Crippen LogP contribution in [0.2, 0.25) is 0 Å². The molecule has 6 nitrogen and oxygen atoms in total. The van der Waals surface area contributed by atoms with Gasteiger partial charge in [-0.05, 0) is 12.5 Å². The third kappa shape index (κ3) is 3.62. The molecule has 1 aromatic carbocycles. The van der Waals surface area contributed by atoms with Gasteiger partial charge >= 0.3 is 0 Å². The standard InChI is InChI=1S/C13H16N4O2/c1-10(14)5-12-8-16(9-15-12)7-11-3-2-4-13(6-11)17(18)19/h2-4,6,8-10H,5,7,14H2,1H3. The number of imidazole rings is 1. The van der Waals surface area contributed by atoms with Crippen molar-refractivity contribution < 1.29 is 4.92 Å². The Hall–Kier alpha value is -2.21. The number of hydrogen-bond donors (Lipinski definition) is 1. The minimum absolute atomic E-state index is 0.0705. The molecule has 1 atom stereocenters. The van der Waals surface area contributed by atoms with Gasteiger partial charge in [0.05, 0.1) is 16.9 Å². The van der Waals surface area contributed by atoms with Crippen LogP contribution in [-0.4, -0.2) is 20.5 Å². The van der Waals surface area contributed by atoms with E-state index in [2.05, 4.69) is 4.98 Å². The summed E-state index contributed by atoms with van der Waals surface area (Å²) in [6.45, 7) is 2.49. The first-order valence-electron chi connectivity index (χ1n) is 6.04. The van der Waals surface area contributed by atoms with Crippen LogP contribution in [-0.2, 0) is 13.0 Å². The third-order valence-corrected chi connectivity index (χ3v) is 2.70. The molecule has 1 heterocycles. The van der Waals surface area contributed by atoms with Crippen molar-refractivity contribution in [1.82, 2.24) is 9.55 Å². The average Bonchev–Trinajstić information content (AvgIpc) is 2.76. The predicted molar refractivity (Wildman–Crippen MR) is 71.8 cm³/mol. The quantitative estimate of drug-likeness (QED) is 0.655. The van der Waals surface area contributed by atoms with Gasteiger partial charge in [-0.25, -0.2) is 4.98 Å². The van der Waals surface area contributed by atoms with Gasteiger partial charge in [-0.3, -0.25) is 10.1 Å². The topological polar surface area (TPSA) is 87.0 Å². The minimum atomic E-state index is -0.390. The molecule has 100 valence electrons. The molecule has 0 bridgehead atoms. The van der Waals surface area contributed by atoms with Gasteiger partial charge in [0.15, 0.2) is 0 Å². The summed E-state index contributed by atoms with van der Waals surface area (Å²) >= 11 is 0. The Balaban J connectivity index is 2.10. The second-order valence-electron chi connectivity index (χ2n) is 4.65. The van der Waals surface area contributed by atoms with Crippen LogP contribution in [0.4, 0.5) is 5.69 Å². The molecular weight excluding hydrogens is 244 g/mol. The summed E-state index contributed by atoms with van der Waals surface area (Å²) in [6.07, 6.45) is 4.36. The maximum absolute atomic E-state index is 10.7. The number of nitrogens with two attached hydrogens (primary N) is 1. The van der Waals surface area contributed by atoms with E-state index in [1.807, 2.05) is 23.8 Å². The maximum Gasteiger partial charge on any atom is 0.269 e. The molecule has 0 saturated heterocycles. The van der Waals surface area contributed by atoms with Crippen LogP contribution in [0, 0.1) is 10.1 Å². The minimum Gasteiger partial charge on any atom is -0.333 e. The number of nitrogens with zero attached hydrogens (tertiary/aromatic N) is 3. The van der Waals surface area contributed by atoms with Crippen molar-refractivity contribution in [3.8, 4) is 0 Å². The lowest BCUT2D eigenvalue weighted by atomic mass is 10.2. The van der Waals surface area contributed by atoms with E-state index >= 15 is 0 Å². The van der Waals surface area contributed by atoms with Crippen LogP contribution < -0.4 is 5.73 Å². The molecule has 0 aliphatic rings. The highest BCUT2D eigenvalue weighted by Gasteiger charge is 2.07. The number of nitro benzene ring substituents is 1. The molecule has 0 fully saturated rings. The smallest absolute Gasteiger partial charge is 0.269 e. The molecule has 2 N–H and O–H groups in total. The van der Waals surface area contributed by atoms with Gasteiger partial charge in [0, 0.05) is 37.3 Å². The van der Waals surface area contributed by atoms with Gasteiger partial charge in [0.1, 0.15) is 0 Å². The van der Waals surface area contributed by atoms with Crippen LogP contribution in [0.3, 0.4) is 0 Å². The molecular formula is C13H16N4O2. The highest BCUT2D eigenvalue weighted by atomic mass is 16.6. The number of rotatable bonds is 5. The van der Waals surface area contributed by atoms with Gasteiger partial charge in [-0.2, -0.15) is 0 Å². The van der Waals surface area contributed by atoms with E-state index in [1.165, 1.54) is 6.07 Å². The normalized spacial score (nSPS) is 12.3. The molecule has 2 rings (SSSR count). The van der Waals surface area contributed by atoms with Gasteiger partial charge in [-0.1, -0.05) is 12.1 Å². The van der Waals surface area contributed by atoms with Crippen molar-refractivity contribution in [2.75, 3.05) is 0 Å². The summed E-state index contributed by atoms with van der Waals surface area (Å²) in [7, 11) is 0. The number of aromatic nitrogens is 2. The monoisotopic (exact) mass is 260 g/mol. The molecule has 0 spiro atoms. The fraction of sp³-hybridized carbons (Fsp3) is 0.308. The average molecular weight is 260 g/mol. The summed E-state index contributed by atoms with van der Waals surface area (Å²) in [5, 5.41) is 10.7. The maximum atomic E-state index is 10.7. The fourth-order valence-electron chi connectivity index (χ4n) is 1.91. The SMILES string of the molecule is CC(N)Cc1cn(Cc2cccc([N+](=O)[O-])c2)cn1. The molecule has 0 aliphatic heterocycles. The van der Waals surface area contributed by atoms with Gasteiger partial charge < -0.3 is 10.3 Å². The second-order valence-corrected chi connectivity index (χ2v) is 4.65. The summed E-state index contributed by atoms with van der Waals surface area (Å²) in [5.41, 5.74) is 7.63. The number of benzene rings is 1. The van der Waals surface area contributed by atoms with Crippen molar-refractivity contribution in [2.45, 2.75) is 25.9 Å². The number of hydrogen-bond acceptors (Lipinski definition) is 4. The summed E-state index contributed by atoms with van der Waals surface area (Å²) in [4.78, 5) is 14.6. The molecule has 1 aromatic heterocycles. The molecule has 0 amide bonds. The van der Waals surface area contributed by atoms with E-state index in [0.29, 0.717) is 6.54 Å². The van der Waals surface area contributed by atoms with Gasteiger partial charge in [0.25, 0.3) is 5.69 Å². The molecule has 2 aromatic rings. The van der Waals surface area contributed by atoms with Crippen LogP contribution in [0.1, 0.15) is 18.2 Å². The fourth-order valence-corrected chi connectivity index (χ4v) is 1.91. The highest BCUT2D eigenvalue weighted by Crippen LogP contribution is 2.14. The molecule has 0 saturated carbocycles. The Labute approximate surface area is 111 Å². The Bertz CT molecular complexity index is 578. The largest absolute Gasteiger partial charge is 0.333 e. The summed E-state index contributed by atoms with van der Waals surface area (Å²) in [5.74, 6) is 0. The van der Waals surface area contributed by atoms with E-state index < -0.39 is 0 Å². The predicted octanol–water partition coefficient (Wildman–Crippen LogP) is 1.73. The van der Waals surface area contributed by atoms with Crippen molar-refractivity contribution in [3.05, 3.63) is 58.2 Å². The Morgan fingerprint density at radius 1 is 1.53 bits per heavy atom. The van der Waals surface area contributed by atoms with E-state index in [0.717, 1.165) is 17.7 Å². The Morgan fingerprint density at radius 2 is 2.32 bits per heavy atom. The van der Waals surface area contributed by atoms with Crippen LogP contribution in [0.5, 0.6) is 0 Å². The van der Waals surface area contributed by atoms with Crippen LogP contribution in [0.25, 0.3) is 0 Å². The molecule has 6 heteroatoms. The second kappa shape index (κ2) is 5.62. The first-order chi connectivity index (χ1) is 9.04. The van der Waals surface area contributed by atoms with Crippen LogP contribution >= 0.6 is 0 Å². The van der Waals surface area contributed by atoms with Crippen LogP contribution in [0.15, 0.2) is 36.8 Å². The van der Waals surface area contributed by atoms with E-state index in [4.69, 9.17) is 5.73 Å². The van der Waals surface area contributed by atoms with Crippen molar-refractivity contribution in [3.63, 3.8) is 0 Å². The number of non-ortho nitro benzene ring substituents is 1. The van der Waals surface area contributed by atoms with Crippen molar-refractivity contribution in [2.24, 2.45) is 5.73 Å². The summed E-state index contributed by atoms with van der Waals surface area (Å²) in [6, 6.07) is 6.68. The molecule has 0 aliphatic carbocycles. The zero-order chi connectivity index (χ0) is 13.8. The van der Waals surface area contributed by atoms with Crippen molar-refractivity contribution in [1.29, 1.82) is 0 Å². The lowest BCUT2D eigenvalue weighted by Crippen LogP contribution is -2.17. The number of nitro groups is 1. The summed E-state index contributed by atoms with van der Waals surface area (Å²) < 4.78 is 1.90. The van der Waals surface area contributed by atoms with Crippen molar-refractivity contribution >= 4 is 5.69 Å². The molecule has 1 unspecified atom stereocenters.